The van der Waals surface area contributed by atoms with Gasteiger partial charge < -0.3 is 4.18 Å². The number of pyridine rings is 1. The smallest absolute Gasteiger partial charge is 0.308 e. The standard InChI is InChI=1S/C7H8FNO3S/c1-2-13(10,11)12-6-3-4-7(8)9-5-6/h3-5H,2H2,1H3. The van der Waals surface area contributed by atoms with Gasteiger partial charge in [0, 0.05) is 0 Å². The van der Waals surface area contributed by atoms with Crippen LogP contribution in [-0.2, 0) is 10.1 Å². The minimum Gasteiger partial charge on any atom is -0.381 e. The molecule has 0 N–H and O–H groups in total. The molecule has 0 atom stereocenters. The van der Waals surface area contributed by atoms with Crippen molar-refractivity contribution < 1.29 is 17.0 Å². The van der Waals surface area contributed by atoms with E-state index in [1.54, 1.807) is 0 Å². The van der Waals surface area contributed by atoms with Crippen molar-refractivity contribution in [2.45, 2.75) is 6.92 Å². The van der Waals surface area contributed by atoms with Crippen LogP contribution in [-0.4, -0.2) is 19.2 Å². The topological polar surface area (TPSA) is 56.3 Å². The van der Waals surface area contributed by atoms with Gasteiger partial charge in [0.2, 0.25) is 5.95 Å². The lowest BCUT2D eigenvalue weighted by Gasteiger charge is -2.02. The molecule has 0 aliphatic rings. The molecule has 0 bridgehead atoms. The van der Waals surface area contributed by atoms with Gasteiger partial charge in [-0.1, -0.05) is 0 Å². The number of rotatable bonds is 3. The van der Waals surface area contributed by atoms with Crippen molar-refractivity contribution in [2.75, 3.05) is 5.75 Å². The zero-order valence-corrected chi connectivity index (χ0v) is 7.71. The Morgan fingerprint density at radius 1 is 1.54 bits per heavy atom. The van der Waals surface area contributed by atoms with Crippen molar-refractivity contribution in [1.82, 2.24) is 4.98 Å². The van der Waals surface area contributed by atoms with Crippen LogP contribution in [0.25, 0.3) is 0 Å². The number of halogens is 1. The van der Waals surface area contributed by atoms with Gasteiger partial charge in [-0.25, -0.2) is 4.98 Å². The molecule has 0 aliphatic heterocycles. The van der Waals surface area contributed by atoms with Crippen molar-refractivity contribution in [1.29, 1.82) is 0 Å². The molecular weight excluding hydrogens is 197 g/mol. The predicted molar refractivity (Wildman–Crippen MR) is 44.3 cm³/mol. The summed E-state index contributed by atoms with van der Waals surface area (Å²) in [5, 5.41) is 0. The number of hydrogen-bond donors (Lipinski definition) is 0. The second kappa shape index (κ2) is 3.69. The minimum atomic E-state index is -3.55. The fraction of sp³-hybridized carbons (Fsp3) is 0.286. The van der Waals surface area contributed by atoms with Crippen molar-refractivity contribution in [3.8, 4) is 5.75 Å². The normalized spacial score (nSPS) is 11.2. The van der Waals surface area contributed by atoms with Gasteiger partial charge in [0.1, 0.15) is 0 Å². The van der Waals surface area contributed by atoms with Crippen LogP contribution in [0.3, 0.4) is 0 Å². The highest BCUT2D eigenvalue weighted by Crippen LogP contribution is 2.11. The largest absolute Gasteiger partial charge is 0.381 e. The van der Waals surface area contributed by atoms with Gasteiger partial charge in [-0.2, -0.15) is 12.8 Å². The second-order valence-corrected chi connectivity index (χ2v) is 4.11. The van der Waals surface area contributed by atoms with Crippen molar-refractivity contribution in [3.05, 3.63) is 24.3 Å². The molecule has 72 valence electrons. The molecule has 0 saturated carbocycles. The third-order valence-corrected chi connectivity index (χ3v) is 2.43. The van der Waals surface area contributed by atoms with Gasteiger partial charge in [-0.05, 0) is 19.1 Å². The van der Waals surface area contributed by atoms with Crippen LogP contribution < -0.4 is 4.18 Å². The lowest BCUT2D eigenvalue weighted by atomic mass is 10.5. The van der Waals surface area contributed by atoms with E-state index in [0.717, 1.165) is 12.3 Å². The van der Waals surface area contributed by atoms with Crippen LogP contribution in [0.1, 0.15) is 6.92 Å². The Morgan fingerprint density at radius 3 is 2.69 bits per heavy atom. The van der Waals surface area contributed by atoms with Crippen LogP contribution in [0, 0.1) is 5.95 Å². The first-order valence-electron chi connectivity index (χ1n) is 3.57. The molecule has 0 aliphatic carbocycles. The monoisotopic (exact) mass is 205 g/mol. The molecule has 1 aromatic rings. The van der Waals surface area contributed by atoms with E-state index in [1.165, 1.54) is 13.0 Å². The van der Waals surface area contributed by atoms with Crippen LogP contribution in [0.5, 0.6) is 5.75 Å². The van der Waals surface area contributed by atoms with E-state index in [-0.39, 0.29) is 11.5 Å². The number of hydrogen-bond acceptors (Lipinski definition) is 4. The van der Waals surface area contributed by atoms with Crippen LogP contribution >= 0.6 is 0 Å². The zero-order chi connectivity index (χ0) is 9.90. The molecule has 1 aromatic heterocycles. The zero-order valence-electron chi connectivity index (χ0n) is 6.90. The van der Waals surface area contributed by atoms with Crippen molar-refractivity contribution >= 4 is 10.1 Å². The van der Waals surface area contributed by atoms with E-state index >= 15 is 0 Å². The molecule has 0 aromatic carbocycles. The summed E-state index contributed by atoms with van der Waals surface area (Å²) in [6.45, 7) is 1.45. The van der Waals surface area contributed by atoms with Gasteiger partial charge in [-0.3, -0.25) is 0 Å². The van der Waals surface area contributed by atoms with Gasteiger partial charge in [0.25, 0.3) is 0 Å². The van der Waals surface area contributed by atoms with E-state index in [1.807, 2.05) is 0 Å². The van der Waals surface area contributed by atoms with Gasteiger partial charge in [-0.15, -0.1) is 0 Å². The highest BCUT2D eigenvalue weighted by molar-refractivity contribution is 7.87. The Hall–Kier alpha value is -1.17. The van der Waals surface area contributed by atoms with E-state index < -0.39 is 16.1 Å². The van der Waals surface area contributed by atoms with Gasteiger partial charge in [0.15, 0.2) is 5.75 Å². The van der Waals surface area contributed by atoms with Gasteiger partial charge in [0.05, 0.1) is 11.9 Å². The lowest BCUT2D eigenvalue weighted by molar-refractivity contribution is 0.483. The fourth-order valence-electron chi connectivity index (χ4n) is 0.617. The average Bonchev–Trinajstić information content (AvgIpc) is 2.09. The molecule has 1 heterocycles. The number of aromatic nitrogens is 1. The van der Waals surface area contributed by atoms with Gasteiger partial charge >= 0.3 is 10.1 Å². The average molecular weight is 205 g/mol. The summed E-state index contributed by atoms with van der Waals surface area (Å²) in [7, 11) is -3.55. The first-order valence-corrected chi connectivity index (χ1v) is 5.15. The van der Waals surface area contributed by atoms with E-state index in [4.69, 9.17) is 0 Å². The molecule has 4 nitrogen and oxygen atoms in total. The fourth-order valence-corrected chi connectivity index (χ4v) is 1.13. The maximum atomic E-state index is 12.3. The highest BCUT2D eigenvalue weighted by atomic mass is 32.2. The molecule has 0 unspecified atom stereocenters. The third kappa shape index (κ3) is 2.98. The molecule has 1 rings (SSSR count). The highest BCUT2D eigenvalue weighted by Gasteiger charge is 2.08. The summed E-state index contributed by atoms with van der Waals surface area (Å²) in [4.78, 5) is 3.24. The van der Waals surface area contributed by atoms with Crippen molar-refractivity contribution in [2.24, 2.45) is 0 Å². The first kappa shape index (κ1) is 9.91. The molecule has 0 amide bonds. The summed E-state index contributed by atoms with van der Waals surface area (Å²) < 4.78 is 38.7. The SMILES string of the molecule is CCS(=O)(=O)Oc1ccc(F)nc1. The van der Waals surface area contributed by atoms with Crippen LogP contribution in [0.15, 0.2) is 18.3 Å². The Balaban J connectivity index is 2.82. The molecular formula is C7H8FNO3S. The lowest BCUT2D eigenvalue weighted by Crippen LogP contribution is -2.11. The molecule has 0 radical (unpaired) electrons. The summed E-state index contributed by atoms with van der Waals surface area (Å²) >= 11 is 0. The summed E-state index contributed by atoms with van der Waals surface area (Å²) in [6.07, 6.45) is 1.02. The maximum absolute atomic E-state index is 12.3. The van der Waals surface area contributed by atoms with E-state index in [2.05, 4.69) is 9.17 Å². The van der Waals surface area contributed by atoms with E-state index in [9.17, 15) is 12.8 Å². The maximum Gasteiger partial charge on any atom is 0.308 e. The summed E-state index contributed by atoms with van der Waals surface area (Å²) in [5.41, 5.74) is 0. The number of nitrogens with zero attached hydrogens (tertiary/aromatic N) is 1. The Bertz CT molecular complexity index is 373. The molecule has 13 heavy (non-hydrogen) atoms. The predicted octanol–water partition coefficient (Wildman–Crippen LogP) is 0.949. The summed E-state index contributed by atoms with van der Waals surface area (Å²) in [5.74, 6) is -0.797. The molecule has 0 saturated heterocycles. The van der Waals surface area contributed by atoms with Crippen LogP contribution in [0.4, 0.5) is 4.39 Å². The van der Waals surface area contributed by atoms with E-state index in [0.29, 0.717) is 0 Å². The van der Waals surface area contributed by atoms with Crippen molar-refractivity contribution in [3.63, 3.8) is 0 Å². The molecule has 6 heteroatoms. The Kier molecular flexibility index (Phi) is 2.82. The third-order valence-electron chi connectivity index (χ3n) is 1.28. The minimum absolute atomic E-state index is 0.0169. The second-order valence-electron chi connectivity index (χ2n) is 2.25. The van der Waals surface area contributed by atoms with Crippen LogP contribution in [0.2, 0.25) is 0 Å². The quantitative estimate of drug-likeness (QED) is 0.544. The first-order chi connectivity index (χ1) is 6.03. The molecule has 0 fully saturated rings. The molecule has 0 spiro atoms. The summed E-state index contributed by atoms with van der Waals surface area (Å²) in [6, 6.07) is 2.23. The Labute approximate surface area is 75.5 Å². The Morgan fingerprint density at radius 2 is 2.23 bits per heavy atom.